The van der Waals surface area contributed by atoms with Crippen LogP contribution < -0.4 is 10.5 Å². The van der Waals surface area contributed by atoms with Crippen molar-refractivity contribution in [3.8, 4) is 5.75 Å². The average Bonchev–Trinajstić information content (AvgIpc) is 2.53. The molecule has 1 rings (SSSR count). The van der Waals surface area contributed by atoms with E-state index in [4.69, 9.17) is 19.3 Å². The fraction of sp³-hybridized carbons (Fsp3) is 0.706. The molecule has 1 aromatic heterocycles. The number of ether oxygens (including phenoxy) is 1. The first-order valence-corrected chi connectivity index (χ1v) is 18.5. The molecule has 12 heteroatoms. The Balaban J connectivity index is 2.60. The van der Waals surface area contributed by atoms with Gasteiger partial charge in [0.05, 0.1) is 32.2 Å². The lowest BCUT2D eigenvalue weighted by molar-refractivity contribution is 0.121. The number of carbonyl (C=O) groups excluding carboxylic acids is 1. The molecule has 0 aliphatic carbocycles. The Bertz CT molecular complexity index is 668. The Morgan fingerprint density at radius 1 is 0.931 bits per heavy atom. The lowest BCUT2D eigenvalue weighted by Gasteiger charge is -2.22. The van der Waals surface area contributed by atoms with Crippen LogP contribution in [0.2, 0.25) is 51.4 Å². The Labute approximate surface area is 175 Å². The summed E-state index contributed by atoms with van der Waals surface area (Å²) >= 11 is 0. The first-order chi connectivity index (χ1) is 13.3. The minimum atomic E-state index is -3.65. The van der Waals surface area contributed by atoms with Crippen molar-refractivity contribution in [2.24, 2.45) is 5.73 Å². The minimum absolute atomic E-state index is 0.0766. The van der Waals surface area contributed by atoms with Gasteiger partial charge in [-0.05, 0) is 12.1 Å². The van der Waals surface area contributed by atoms with E-state index in [1.54, 1.807) is 0 Å². The van der Waals surface area contributed by atoms with Gasteiger partial charge < -0.3 is 10.5 Å². The van der Waals surface area contributed by atoms with Crippen molar-refractivity contribution >= 4 is 30.1 Å². The molecular weight excluding hydrogens is 429 g/mol. The second kappa shape index (κ2) is 11.3. The number of nitrogens with zero attached hydrogens (tertiary/aromatic N) is 2. The number of phosphoric acid groups is 1. The number of primary amides is 1. The number of hydrogen-bond donors (Lipinski definition) is 1. The van der Waals surface area contributed by atoms with Crippen molar-refractivity contribution in [2.75, 3.05) is 19.8 Å². The summed E-state index contributed by atoms with van der Waals surface area (Å²) in [7, 11) is -6.32. The monoisotopic (exact) mass is 463 g/mol. The molecule has 0 spiro atoms. The lowest BCUT2D eigenvalue weighted by Crippen LogP contribution is -2.23. The Hall–Kier alpha value is -1.11. The molecular formula is C17H34N3O6PSi2. The third-order valence-electron chi connectivity index (χ3n) is 3.68. The van der Waals surface area contributed by atoms with Crippen molar-refractivity contribution in [2.45, 2.75) is 57.8 Å². The van der Waals surface area contributed by atoms with Crippen LogP contribution in [0.3, 0.4) is 0 Å². The molecule has 29 heavy (non-hydrogen) atoms. The first-order valence-electron chi connectivity index (χ1n) is 9.60. The summed E-state index contributed by atoms with van der Waals surface area (Å²) in [5, 5.41) is 0. The number of carbonyl (C=O) groups is 1. The number of aromatic nitrogens is 2. The molecule has 9 nitrogen and oxygen atoms in total. The SMILES string of the molecule is C[Si](C)(C)CCOP(=O)(OCCc1ncc(OC(N)=O)cn1)OCC[Si](C)(C)C. The molecule has 0 bridgehead atoms. The molecule has 0 saturated heterocycles. The van der Waals surface area contributed by atoms with Gasteiger partial charge in [-0.25, -0.2) is 19.3 Å². The van der Waals surface area contributed by atoms with Gasteiger partial charge in [0.15, 0.2) is 5.75 Å². The largest absolute Gasteiger partial charge is 0.474 e. The van der Waals surface area contributed by atoms with Crippen LogP contribution in [0.4, 0.5) is 4.79 Å². The second-order valence-corrected chi connectivity index (χ2v) is 22.0. The van der Waals surface area contributed by atoms with Crippen LogP contribution in [-0.2, 0) is 24.6 Å². The fourth-order valence-electron chi connectivity index (χ4n) is 1.93. The normalized spacial score (nSPS) is 12.8. The number of hydrogen-bond acceptors (Lipinski definition) is 8. The number of amides is 1. The quantitative estimate of drug-likeness (QED) is 0.339. The van der Waals surface area contributed by atoms with Crippen LogP contribution in [0, 0.1) is 0 Å². The zero-order valence-corrected chi connectivity index (χ0v) is 21.2. The maximum atomic E-state index is 13.0. The summed E-state index contributed by atoms with van der Waals surface area (Å²) < 4.78 is 34.3. The lowest BCUT2D eigenvalue weighted by atomic mass is 10.4. The third-order valence-corrected chi connectivity index (χ3v) is 8.58. The van der Waals surface area contributed by atoms with Gasteiger partial charge in [-0.1, -0.05) is 39.3 Å². The van der Waals surface area contributed by atoms with Gasteiger partial charge in [0.1, 0.15) is 5.82 Å². The molecule has 0 fully saturated rings. The summed E-state index contributed by atoms with van der Waals surface area (Å²) in [6.45, 7) is 14.1. The van der Waals surface area contributed by atoms with E-state index in [0.717, 1.165) is 12.1 Å². The van der Waals surface area contributed by atoms with Crippen molar-refractivity contribution in [3.63, 3.8) is 0 Å². The summed E-state index contributed by atoms with van der Waals surface area (Å²) in [6.07, 6.45) is 2.04. The van der Waals surface area contributed by atoms with Crippen LogP contribution in [-0.4, -0.2) is 52.0 Å². The molecule has 0 unspecified atom stereocenters. The first kappa shape index (κ1) is 25.9. The zero-order valence-electron chi connectivity index (χ0n) is 18.3. The maximum Gasteiger partial charge on any atom is 0.474 e. The Kier molecular flexibility index (Phi) is 10.1. The van der Waals surface area contributed by atoms with Crippen LogP contribution >= 0.6 is 7.82 Å². The highest BCUT2D eigenvalue weighted by molar-refractivity contribution is 7.48. The van der Waals surface area contributed by atoms with Gasteiger partial charge >= 0.3 is 13.9 Å². The highest BCUT2D eigenvalue weighted by atomic mass is 31.2. The van der Waals surface area contributed by atoms with Gasteiger partial charge in [-0.3, -0.25) is 13.6 Å². The van der Waals surface area contributed by atoms with E-state index in [9.17, 15) is 9.36 Å². The predicted molar refractivity (Wildman–Crippen MR) is 118 cm³/mol. The summed E-state index contributed by atoms with van der Waals surface area (Å²) in [4.78, 5) is 18.8. The van der Waals surface area contributed by atoms with E-state index in [0.29, 0.717) is 25.5 Å². The number of nitrogens with two attached hydrogens (primary N) is 1. The highest BCUT2D eigenvalue weighted by Crippen LogP contribution is 2.50. The van der Waals surface area contributed by atoms with E-state index in [2.05, 4.69) is 54.0 Å². The van der Waals surface area contributed by atoms with Gasteiger partial charge in [0, 0.05) is 22.6 Å². The Morgan fingerprint density at radius 3 is 1.79 bits per heavy atom. The average molecular weight is 464 g/mol. The number of rotatable bonds is 13. The van der Waals surface area contributed by atoms with E-state index in [-0.39, 0.29) is 12.4 Å². The fourth-order valence-corrected chi connectivity index (χ4v) is 4.87. The van der Waals surface area contributed by atoms with Gasteiger partial charge in [0.2, 0.25) is 0 Å². The molecule has 2 N–H and O–H groups in total. The molecule has 0 radical (unpaired) electrons. The Morgan fingerprint density at radius 2 is 1.38 bits per heavy atom. The van der Waals surface area contributed by atoms with E-state index >= 15 is 0 Å². The third kappa shape index (κ3) is 12.9. The van der Waals surface area contributed by atoms with E-state index in [1.165, 1.54) is 12.4 Å². The molecule has 0 aliphatic heterocycles. The van der Waals surface area contributed by atoms with Crippen molar-refractivity contribution in [1.82, 2.24) is 9.97 Å². The topological polar surface area (TPSA) is 123 Å². The molecule has 0 atom stereocenters. The van der Waals surface area contributed by atoms with Crippen LogP contribution in [0.15, 0.2) is 12.4 Å². The van der Waals surface area contributed by atoms with E-state index in [1.807, 2.05) is 0 Å². The van der Waals surface area contributed by atoms with Crippen molar-refractivity contribution in [3.05, 3.63) is 18.2 Å². The summed E-state index contributed by atoms with van der Waals surface area (Å²) in [5.74, 6) is 0.592. The molecule has 1 amide bonds. The van der Waals surface area contributed by atoms with Crippen molar-refractivity contribution in [1.29, 1.82) is 0 Å². The molecule has 1 aromatic rings. The molecule has 0 aromatic carbocycles. The maximum absolute atomic E-state index is 13.0. The second-order valence-electron chi connectivity index (χ2n) is 9.07. The molecule has 0 saturated carbocycles. The molecule has 1 heterocycles. The van der Waals surface area contributed by atoms with Crippen molar-refractivity contribution < 1.29 is 27.7 Å². The van der Waals surface area contributed by atoms with Gasteiger partial charge in [-0.15, -0.1) is 0 Å². The van der Waals surface area contributed by atoms with Crippen LogP contribution in [0.25, 0.3) is 0 Å². The standard InChI is InChI=1S/C17H34N3O6PSi2/c1-28(2,3)11-9-24-27(22,25-10-12-29(4,5)6)23-8-7-16-19-13-15(14-20-16)26-17(18)21/h13-14H,7-12H2,1-6H3,(H2,18,21). The number of phosphoric ester groups is 1. The predicted octanol–water partition coefficient (Wildman–Crippen LogP) is 4.31. The van der Waals surface area contributed by atoms with Gasteiger partial charge in [0.25, 0.3) is 0 Å². The van der Waals surface area contributed by atoms with Crippen LogP contribution in [0.5, 0.6) is 5.75 Å². The highest BCUT2D eigenvalue weighted by Gasteiger charge is 2.29. The van der Waals surface area contributed by atoms with Crippen LogP contribution in [0.1, 0.15) is 5.82 Å². The summed E-state index contributed by atoms with van der Waals surface area (Å²) in [5.41, 5.74) is 4.93. The molecule has 0 aliphatic rings. The summed E-state index contributed by atoms with van der Waals surface area (Å²) in [6, 6.07) is 1.73. The van der Waals surface area contributed by atoms with Gasteiger partial charge in [-0.2, -0.15) is 0 Å². The van der Waals surface area contributed by atoms with E-state index < -0.39 is 30.1 Å². The smallest absolute Gasteiger partial charge is 0.407 e. The zero-order chi connectivity index (χ0) is 22.1. The minimum Gasteiger partial charge on any atom is -0.407 e. The molecule has 166 valence electrons.